The number of thiophene rings is 1. The number of hydrogen-bond acceptors (Lipinski definition) is 4. The zero-order valence-corrected chi connectivity index (χ0v) is 11.5. The van der Waals surface area contributed by atoms with Gasteiger partial charge in [-0.1, -0.05) is 0 Å². The van der Waals surface area contributed by atoms with Crippen LogP contribution in [0.2, 0.25) is 0 Å². The van der Waals surface area contributed by atoms with Gasteiger partial charge in [-0.15, -0.1) is 11.3 Å². The first-order chi connectivity index (χ1) is 7.97. The lowest BCUT2D eigenvalue weighted by Crippen LogP contribution is -2.35. The van der Waals surface area contributed by atoms with Crippen molar-refractivity contribution in [3.05, 3.63) is 29.1 Å². The van der Waals surface area contributed by atoms with Crippen LogP contribution in [-0.2, 0) is 6.54 Å². The zero-order chi connectivity index (χ0) is 12.5. The van der Waals surface area contributed by atoms with Gasteiger partial charge < -0.3 is 9.73 Å². The number of nitrogens with zero attached hydrogens (tertiary/aromatic N) is 1. The van der Waals surface area contributed by atoms with Gasteiger partial charge in [-0.05, 0) is 44.7 Å². The maximum atomic E-state index is 5.51. The molecule has 0 bridgehead atoms. The Morgan fingerprint density at radius 2 is 2.18 bits per heavy atom. The third-order valence-electron chi connectivity index (χ3n) is 2.50. The summed E-state index contributed by atoms with van der Waals surface area (Å²) < 4.78 is 5.51. The minimum absolute atomic E-state index is 0.0840. The molecule has 1 N–H and O–H groups in total. The lowest BCUT2D eigenvalue weighted by molar-refractivity contribution is 0.421. The van der Waals surface area contributed by atoms with Gasteiger partial charge >= 0.3 is 0 Å². The largest absolute Gasteiger partial charge is 0.442 e. The van der Waals surface area contributed by atoms with E-state index in [2.05, 4.69) is 49.4 Å². The summed E-state index contributed by atoms with van der Waals surface area (Å²) >= 11 is 1.69. The highest BCUT2D eigenvalue weighted by molar-refractivity contribution is 7.13. The van der Waals surface area contributed by atoms with Crippen LogP contribution in [0.3, 0.4) is 0 Å². The fourth-order valence-electron chi connectivity index (χ4n) is 1.53. The highest BCUT2D eigenvalue weighted by atomic mass is 32.1. The summed E-state index contributed by atoms with van der Waals surface area (Å²) in [5.41, 5.74) is 2.30. The molecule has 0 aliphatic rings. The molecule has 0 saturated carbocycles. The molecule has 0 radical (unpaired) electrons. The summed E-state index contributed by atoms with van der Waals surface area (Å²) in [5.74, 6) is 0.897. The number of aryl methyl sites for hydroxylation is 1. The van der Waals surface area contributed by atoms with Gasteiger partial charge in [0.1, 0.15) is 5.69 Å². The lowest BCUT2D eigenvalue weighted by Gasteiger charge is -2.19. The molecule has 2 aromatic heterocycles. The highest BCUT2D eigenvalue weighted by Gasteiger charge is 2.16. The Hall–Kier alpha value is -1.13. The van der Waals surface area contributed by atoms with Crippen molar-refractivity contribution < 1.29 is 4.42 Å². The number of nitrogens with one attached hydrogen (secondary N) is 1. The topological polar surface area (TPSA) is 38.1 Å². The fraction of sp³-hybridized carbons (Fsp3) is 0.462. The van der Waals surface area contributed by atoms with E-state index < -0.39 is 0 Å². The van der Waals surface area contributed by atoms with Gasteiger partial charge in [0.15, 0.2) is 12.2 Å². The van der Waals surface area contributed by atoms with Gasteiger partial charge in [0.2, 0.25) is 0 Å². The fourth-order valence-corrected chi connectivity index (χ4v) is 2.47. The molecule has 0 unspecified atom stereocenters. The molecule has 4 heteroatoms. The standard InChI is InChI=1S/C13H18N2OS/c1-9-5-6-17-12(9)11-10(14-8-16-11)7-15-13(2,3)4/h5-6,8,15H,7H2,1-4H3. The number of hydrogen-bond donors (Lipinski definition) is 1. The van der Waals surface area contributed by atoms with Crippen LogP contribution in [0.4, 0.5) is 0 Å². The molecule has 0 aliphatic heterocycles. The van der Waals surface area contributed by atoms with E-state index in [4.69, 9.17) is 4.42 Å². The molecule has 0 aromatic carbocycles. The number of aromatic nitrogens is 1. The molecule has 0 aliphatic carbocycles. The van der Waals surface area contributed by atoms with Crippen molar-refractivity contribution in [1.82, 2.24) is 10.3 Å². The van der Waals surface area contributed by atoms with E-state index in [1.54, 1.807) is 11.3 Å². The first kappa shape index (κ1) is 12.3. The van der Waals surface area contributed by atoms with Crippen LogP contribution in [0.5, 0.6) is 0 Å². The Labute approximate surface area is 106 Å². The van der Waals surface area contributed by atoms with Crippen LogP contribution < -0.4 is 5.32 Å². The Bertz CT molecular complexity index is 493. The van der Waals surface area contributed by atoms with E-state index >= 15 is 0 Å². The quantitative estimate of drug-likeness (QED) is 0.904. The first-order valence-corrected chi connectivity index (χ1v) is 6.57. The molecule has 0 atom stereocenters. The summed E-state index contributed by atoms with van der Waals surface area (Å²) in [7, 11) is 0. The van der Waals surface area contributed by atoms with Crippen molar-refractivity contribution in [3.63, 3.8) is 0 Å². The minimum Gasteiger partial charge on any atom is -0.442 e. The molecule has 0 amide bonds. The first-order valence-electron chi connectivity index (χ1n) is 5.69. The monoisotopic (exact) mass is 250 g/mol. The molecule has 2 rings (SSSR count). The smallest absolute Gasteiger partial charge is 0.181 e. The summed E-state index contributed by atoms with van der Waals surface area (Å²) in [6.07, 6.45) is 1.52. The van der Waals surface area contributed by atoms with E-state index in [1.807, 2.05) is 0 Å². The molecule has 3 nitrogen and oxygen atoms in total. The molecule has 2 heterocycles. The van der Waals surface area contributed by atoms with Crippen LogP contribution in [0.15, 0.2) is 22.3 Å². The maximum Gasteiger partial charge on any atom is 0.181 e. The average molecular weight is 250 g/mol. The predicted molar refractivity (Wildman–Crippen MR) is 71.1 cm³/mol. The van der Waals surface area contributed by atoms with Gasteiger partial charge in [0.05, 0.1) is 4.88 Å². The highest BCUT2D eigenvalue weighted by Crippen LogP contribution is 2.31. The van der Waals surface area contributed by atoms with Crippen molar-refractivity contribution in [3.8, 4) is 10.6 Å². The minimum atomic E-state index is 0.0840. The molecule has 0 spiro atoms. The molecular weight excluding hydrogens is 232 g/mol. The van der Waals surface area contributed by atoms with Crippen molar-refractivity contribution in [2.24, 2.45) is 0 Å². The van der Waals surface area contributed by atoms with Gasteiger partial charge in [0, 0.05) is 12.1 Å². The Morgan fingerprint density at radius 3 is 2.76 bits per heavy atom. The van der Waals surface area contributed by atoms with Gasteiger partial charge in [0.25, 0.3) is 0 Å². The van der Waals surface area contributed by atoms with Gasteiger partial charge in [-0.3, -0.25) is 0 Å². The molecule has 2 aromatic rings. The summed E-state index contributed by atoms with van der Waals surface area (Å²) in [6, 6.07) is 2.10. The summed E-state index contributed by atoms with van der Waals surface area (Å²) in [6.45, 7) is 9.25. The van der Waals surface area contributed by atoms with Crippen molar-refractivity contribution in [2.45, 2.75) is 39.8 Å². The second-order valence-electron chi connectivity index (χ2n) is 5.16. The van der Waals surface area contributed by atoms with Crippen LogP contribution >= 0.6 is 11.3 Å². The molecule has 0 fully saturated rings. The Kier molecular flexibility index (Phi) is 3.35. The molecule has 92 valence electrons. The van der Waals surface area contributed by atoms with Crippen molar-refractivity contribution in [2.75, 3.05) is 0 Å². The van der Waals surface area contributed by atoms with Crippen LogP contribution in [0.1, 0.15) is 32.0 Å². The van der Waals surface area contributed by atoms with E-state index in [1.165, 1.54) is 16.8 Å². The summed E-state index contributed by atoms with van der Waals surface area (Å²) in [5, 5.41) is 5.51. The third kappa shape index (κ3) is 2.96. The van der Waals surface area contributed by atoms with E-state index in [9.17, 15) is 0 Å². The second kappa shape index (κ2) is 4.63. The predicted octanol–water partition coefficient (Wildman–Crippen LogP) is 3.60. The lowest BCUT2D eigenvalue weighted by atomic mass is 10.1. The van der Waals surface area contributed by atoms with E-state index in [0.29, 0.717) is 0 Å². The molecular formula is C13H18N2OS. The average Bonchev–Trinajstić information content (AvgIpc) is 2.81. The second-order valence-corrected chi connectivity index (χ2v) is 6.08. The van der Waals surface area contributed by atoms with Crippen LogP contribution in [0, 0.1) is 6.92 Å². The molecule has 17 heavy (non-hydrogen) atoms. The van der Waals surface area contributed by atoms with Crippen molar-refractivity contribution >= 4 is 11.3 Å². The van der Waals surface area contributed by atoms with E-state index in [-0.39, 0.29) is 5.54 Å². The third-order valence-corrected chi connectivity index (χ3v) is 3.51. The van der Waals surface area contributed by atoms with Gasteiger partial charge in [-0.2, -0.15) is 0 Å². The Morgan fingerprint density at radius 1 is 1.41 bits per heavy atom. The van der Waals surface area contributed by atoms with Gasteiger partial charge in [-0.25, -0.2) is 4.98 Å². The Balaban J connectivity index is 2.21. The number of oxazole rings is 1. The normalized spacial score (nSPS) is 12.0. The van der Waals surface area contributed by atoms with Crippen LogP contribution in [-0.4, -0.2) is 10.5 Å². The summed E-state index contributed by atoms with van der Waals surface area (Å²) in [4.78, 5) is 5.47. The number of rotatable bonds is 3. The van der Waals surface area contributed by atoms with E-state index in [0.717, 1.165) is 18.0 Å². The van der Waals surface area contributed by atoms with Crippen LogP contribution in [0.25, 0.3) is 10.6 Å². The maximum absolute atomic E-state index is 5.51. The molecule has 0 saturated heterocycles. The SMILES string of the molecule is Cc1ccsc1-c1ocnc1CNC(C)(C)C. The zero-order valence-electron chi connectivity index (χ0n) is 10.7. The van der Waals surface area contributed by atoms with Crippen molar-refractivity contribution in [1.29, 1.82) is 0 Å².